The van der Waals surface area contributed by atoms with Gasteiger partial charge in [-0.25, -0.2) is 0 Å². The largest absolute Gasteiger partial charge is 0.494 e. The summed E-state index contributed by atoms with van der Waals surface area (Å²) in [6, 6.07) is 24.1. The average molecular weight is 446 g/mol. The average Bonchev–Trinajstić information content (AvgIpc) is 2.84. The van der Waals surface area contributed by atoms with Crippen LogP contribution in [0.25, 0.3) is 0 Å². The second kappa shape index (κ2) is 12.3. The Balaban J connectivity index is 1.49. The van der Waals surface area contributed by atoms with Crippen LogP contribution in [0.2, 0.25) is 0 Å². The lowest BCUT2D eigenvalue weighted by Crippen LogP contribution is -2.27. The van der Waals surface area contributed by atoms with E-state index in [9.17, 15) is 9.59 Å². The van der Waals surface area contributed by atoms with Crippen LogP contribution in [0.15, 0.2) is 78.9 Å². The smallest absolute Gasteiger partial charge is 0.251 e. The number of hydrogen-bond donors (Lipinski definition) is 3. The highest BCUT2D eigenvalue weighted by atomic mass is 16.5. The van der Waals surface area contributed by atoms with Crippen LogP contribution in [0, 0.1) is 0 Å². The van der Waals surface area contributed by atoms with Crippen LogP contribution in [0.3, 0.4) is 0 Å². The van der Waals surface area contributed by atoms with Crippen LogP contribution in [0.1, 0.15) is 48.7 Å². The summed E-state index contributed by atoms with van der Waals surface area (Å²) in [6.45, 7) is 4.87. The molecule has 33 heavy (non-hydrogen) atoms. The molecule has 2 amide bonds. The van der Waals surface area contributed by atoms with E-state index in [4.69, 9.17) is 4.74 Å². The first-order valence-electron chi connectivity index (χ1n) is 11.3. The Kier molecular flexibility index (Phi) is 8.88. The van der Waals surface area contributed by atoms with Gasteiger partial charge in [0.15, 0.2) is 0 Å². The van der Waals surface area contributed by atoms with Crippen molar-refractivity contribution in [3.05, 3.63) is 90.0 Å². The fraction of sp³-hybridized carbons (Fsp3) is 0.259. The highest BCUT2D eigenvalue weighted by Crippen LogP contribution is 2.17. The first-order valence-corrected chi connectivity index (χ1v) is 11.3. The number of benzene rings is 3. The van der Waals surface area contributed by atoms with E-state index in [-0.39, 0.29) is 24.4 Å². The third kappa shape index (κ3) is 7.68. The first kappa shape index (κ1) is 23.9. The first-order chi connectivity index (χ1) is 16.0. The van der Waals surface area contributed by atoms with Crippen LogP contribution in [-0.4, -0.2) is 25.0 Å². The summed E-state index contributed by atoms with van der Waals surface area (Å²) in [7, 11) is 0. The van der Waals surface area contributed by atoms with E-state index in [0.29, 0.717) is 17.9 Å². The minimum atomic E-state index is -0.200. The molecule has 6 heteroatoms. The Hall–Kier alpha value is -3.80. The van der Waals surface area contributed by atoms with E-state index in [2.05, 4.69) is 22.9 Å². The highest BCUT2D eigenvalue weighted by molar-refractivity contribution is 5.98. The number of carbonyl (C=O) groups excluding carboxylic acids is 2. The van der Waals surface area contributed by atoms with Crippen LogP contribution in [0.5, 0.6) is 5.75 Å². The molecule has 6 nitrogen and oxygen atoms in total. The minimum Gasteiger partial charge on any atom is -0.494 e. The van der Waals surface area contributed by atoms with Gasteiger partial charge in [0.25, 0.3) is 5.91 Å². The topological polar surface area (TPSA) is 79.5 Å². The molecule has 0 radical (unpaired) electrons. The zero-order valence-corrected chi connectivity index (χ0v) is 19.1. The summed E-state index contributed by atoms with van der Waals surface area (Å²) in [6.07, 6.45) is 2.12. The van der Waals surface area contributed by atoms with Crippen LogP contribution < -0.4 is 20.7 Å². The van der Waals surface area contributed by atoms with Crippen molar-refractivity contribution in [2.75, 3.05) is 23.8 Å². The molecule has 0 aliphatic rings. The number of ether oxygens (including phenoxy) is 1. The Morgan fingerprint density at radius 1 is 0.909 bits per heavy atom. The minimum absolute atomic E-state index is 0.109. The number of rotatable bonds is 11. The lowest BCUT2D eigenvalue weighted by atomic mass is 10.1. The molecule has 0 fully saturated rings. The molecule has 3 aromatic rings. The molecule has 3 aromatic carbocycles. The lowest BCUT2D eigenvalue weighted by Gasteiger charge is -2.15. The molecule has 0 aliphatic carbocycles. The van der Waals surface area contributed by atoms with Gasteiger partial charge in [-0.3, -0.25) is 9.59 Å². The zero-order valence-electron chi connectivity index (χ0n) is 19.1. The molecule has 0 saturated carbocycles. The lowest BCUT2D eigenvalue weighted by molar-refractivity contribution is -0.114. The Morgan fingerprint density at radius 2 is 1.67 bits per heavy atom. The van der Waals surface area contributed by atoms with Gasteiger partial charge in [-0.2, -0.15) is 0 Å². The number of hydrogen-bond acceptors (Lipinski definition) is 4. The zero-order chi connectivity index (χ0) is 23.5. The van der Waals surface area contributed by atoms with Gasteiger partial charge in [0.2, 0.25) is 5.91 Å². The predicted molar refractivity (Wildman–Crippen MR) is 133 cm³/mol. The Bertz CT molecular complexity index is 1040. The van der Waals surface area contributed by atoms with Crippen molar-refractivity contribution in [2.45, 2.75) is 32.7 Å². The SMILES string of the molecule is CCCCOc1ccc(NCC(=O)Nc2cccc(C(=O)NC(C)c3ccccc3)c2)cc1. The standard InChI is InChI=1S/C27H31N3O3/c1-3-4-17-33-25-15-13-23(14-16-25)28-19-26(31)30-24-12-8-11-22(18-24)27(32)29-20(2)21-9-6-5-7-10-21/h5-16,18,20,28H,3-4,17,19H2,1-2H3,(H,29,32)(H,30,31). The van der Waals surface area contributed by atoms with Crippen LogP contribution in [0.4, 0.5) is 11.4 Å². The molecule has 1 unspecified atom stereocenters. The molecule has 172 valence electrons. The number of amides is 2. The van der Waals surface area contributed by atoms with Gasteiger partial charge in [-0.05, 0) is 61.4 Å². The summed E-state index contributed by atoms with van der Waals surface area (Å²) in [5, 5.41) is 8.91. The second-order valence-electron chi connectivity index (χ2n) is 7.81. The monoisotopic (exact) mass is 445 g/mol. The van der Waals surface area contributed by atoms with Crippen molar-refractivity contribution in [1.29, 1.82) is 0 Å². The fourth-order valence-electron chi connectivity index (χ4n) is 3.23. The van der Waals surface area contributed by atoms with Crippen molar-refractivity contribution >= 4 is 23.2 Å². The molecule has 0 spiro atoms. The summed E-state index contributed by atoms with van der Waals surface area (Å²) in [5.41, 5.74) is 2.92. The van der Waals surface area contributed by atoms with E-state index < -0.39 is 0 Å². The van der Waals surface area contributed by atoms with Gasteiger partial charge in [0.05, 0.1) is 19.2 Å². The second-order valence-corrected chi connectivity index (χ2v) is 7.81. The van der Waals surface area contributed by atoms with Gasteiger partial charge in [0, 0.05) is 16.9 Å². The van der Waals surface area contributed by atoms with Crippen molar-refractivity contribution in [3.63, 3.8) is 0 Å². The summed E-state index contributed by atoms with van der Waals surface area (Å²) in [4.78, 5) is 25.0. The number of unbranched alkanes of at least 4 members (excludes halogenated alkanes) is 1. The molecule has 0 heterocycles. The quantitative estimate of drug-likeness (QED) is 0.345. The molecule has 0 saturated heterocycles. The van der Waals surface area contributed by atoms with Crippen molar-refractivity contribution in [1.82, 2.24) is 5.32 Å². The maximum absolute atomic E-state index is 12.6. The number of nitrogens with one attached hydrogen (secondary N) is 3. The van der Waals surface area contributed by atoms with E-state index >= 15 is 0 Å². The van der Waals surface area contributed by atoms with Gasteiger partial charge >= 0.3 is 0 Å². The van der Waals surface area contributed by atoms with E-state index in [1.165, 1.54) is 0 Å². The van der Waals surface area contributed by atoms with Crippen molar-refractivity contribution in [3.8, 4) is 5.75 Å². The van der Waals surface area contributed by atoms with E-state index in [0.717, 1.165) is 29.8 Å². The molecular weight excluding hydrogens is 414 g/mol. The molecular formula is C27H31N3O3. The summed E-state index contributed by atoms with van der Waals surface area (Å²) >= 11 is 0. The molecule has 1 atom stereocenters. The maximum Gasteiger partial charge on any atom is 0.251 e. The van der Waals surface area contributed by atoms with Gasteiger partial charge < -0.3 is 20.7 Å². The molecule has 0 aromatic heterocycles. The van der Waals surface area contributed by atoms with E-state index in [1.54, 1.807) is 24.3 Å². The molecule has 0 bridgehead atoms. The summed E-state index contributed by atoms with van der Waals surface area (Å²) < 4.78 is 5.65. The van der Waals surface area contributed by atoms with Gasteiger partial charge in [-0.15, -0.1) is 0 Å². The third-order valence-corrected chi connectivity index (χ3v) is 5.13. The number of anilines is 2. The van der Waals surface area contributed by atoms with E-state index in [1.807, 2.05) is 61.5 Å². The van der Waals surface area contributed by atoms with Crippen LogP contribution in [-0.2, 0) is 4.79 Å². The van der Waals surface area contributed by atoms with Crippen LogP contribution >= 0.6 is 0 Å². The van der Waals surface area contributed by atoms with Crippen molar-refractivity contribution < 1.29 is 14.3 Å². The van der Waals surface area contributed by atoms with Gasteiger partial charge in [-0.1, -0.05) is 49.7 Å². The number of carbonyl (C=O) groups is 2. The predicted octanol–water partition coefficient (Wildman–Crippen LogP) is 5.41. The van der Waals surface area contributed by atoms with Gasteiger partial charge in [0.1, 0.15) is 5.75 Å². The fourth-order valence-corrected chi connectivity index (χ4v) is 3.23. The summed E-state index contributed by atoms with van der Waals surface area (Å²) in [5.74, 6) is 0.422. The highest BCUT2D eigenvalue weighted by Gasteiger charge is 2.12. The molecule has 3 N–H and O–H groups in total. The Morgan fingerprint density at radius 3 is 2.39 bits per heavy atom. The molecule has 3 rings (SSSR count). The Labute approximate surface area is 195 Å². The molecule has 0 aliphatic heterocycles. The van der Waals surface area contributed by atoms with Crippen molar-refractivity contribution in [2.24, 2.45) is 0 Å². The maximum atomic E-state index is 12.6. The third-order valence-electron chi connectivity index (χ3n) is 5.13. The normalized spacial score (nSPS) is 11.3.